The van der Waals surface area contributed by atoms with Gasteiger partial charge < -0.3 is 10.1 Å². The third-order valence-corrected chi connectivity index (χ3v) is 2.70. The Bertz CT molecular complexity index is 454. The highest BCUT2D eigenvalue weighted by Crippen LogP contribution is 2.34. The molecule has 1 aliphatic heterocycles. The fourth-order valence-electron chi connectivity index (χ4n) is 1.66. The lowest BCUT2D eigenvalue weighted by molar-refractivity contribution is -0.116. The van der Waals surface area contributed by atoms with Crippen molar-refractivity contribution in [3.63, 3.8) is 0 Å². The van der Waals surface area contributed by atoms with Gasteiger partial charge in [-0.3, -0.25) is 4.79 Å². The topological polar surface area (TPSA) is 38.3 Å². The number of carbonyl (C=O) groups excluding carboxylic acids is 1. The van der Waals surface area contributed by atoms with Crippen LogP contribution in [0.3, 0.4) is 0 Å². The van der Waals surface area contributed by atoms with E-state index in [0.717, 1.165) is 23.3 Å². The van der Waals surface area contributed by atoms with Gasteiger partial charge in [0.2, 0.25) is 5.91 Å². The lowest BCUT2D eigenvalue weighted by atomic mass is 9.99. The summed E-state index contributed by atoms with van der Waals surface area (Å²) in [4.78, 5) is 11.3. The van der Waals surface area contributed by atoms with Crippen molar-refractivity contribution in [2.45, 2.75) is 6.42 Å². The predicted molar refractivity (Wildman–Crippen MR) is 63.6 cm³/mol. The van der Waals surface area contributed by atoms with Crippen molar-refractivity contribution in [3.05, 3.63) is 34.9 Å². The molecule has 84 valence electrons. The first-order valence-electron chi connectivity index (χ1n) is 5.05. The van der Waals surface area contributed by atoms with Gasteiger partial charge in [-0.25, -0.2) is 0 Å². The van der Waals surface area contributed by atoms with Crippen molar-refractivity contribution in [3.8, 4) is 5.75 Å². The third kappa shape index (κ3) is 2.19. The molecule has 1 aromatic carbocycles. The maximum Gasteiger partial charge on any atom is 0.244 e. The Morgan fingerprint density at radius 1 is 1.56 bits per heavy atom. The summed E-state index contributed by atoms with van der Waals surface area (Å²) in [6.45, 7) is 0.595. The molecule has 0 radical (unpaired) electrons. The average Bonchev–Trinajstić information content (AvgIpc) is 2.29. The Morgan fingerprint density at radius 2 is 2.38 bits per heavy atom. The second kappa shape index (κ2) is 4.58. The van der Waals surface area contributed by atoms with Gasteiger partial charge >= 0.3 is 0 Å². The first-order valence-corrected chi connectivity index (χ1v) is 5.43. The average molecular weight is 238 g/mol. The molecule has 0 fully saturated rings. The van der Waals surface area contributed by atoms with Crippen molar-refractivity contribution in [2.24, 2.45) is 0 Å². The van der Waals surface area contributed by atoms with Crippen LogP contribution in [0.1, 0.15) is 12.0 Å². The number of fused-ring (bicyclic) bond motifs is 1. The Labute approximate surface area is 99.1 Å². The standard InChI is InChI=1S/C12H12ClNO2/c1-14-12(15)6-8-4-5-16-11-3-2-9(13)7-10(8)11/h2-3,6-7H,4-5H2,1H3,(H,14,15). The zero-order valence-electron chi connectivity index (χ0n) is 8.92. The number of ether oxygens (including phenoxy) is 1. The summed E-state index contributed by atoms with van der Waals surface area (Å²) in [5, 5.41) is 3.21. The van der Waals surface area contributed by atoms with Crippen LogP contribution in [-0.2, 0) is 4.79 Å². The van der Waals surface area contributed by atoms with Crippen molar-refractivity contribution in [2.75, 3.05) is 13.7 Å². The summed E-state index contributed by atoms with van der Waals surface area (Å²) >= 11 is 5.93. The van der Waals surface area contributed by atoms with E-state index in [0.29, 0.717) is 11.6 Å². The van der Waals surface area contributed by atoms with Gasteiger partial charge in [-0.15, -0.1) is 0 Å². The van der Waals surface area contributed by atoms with Crippen molar-refractivity contribution >= 4 is 23.1 Å². The van der Waals surface area contributed by atoms with Gasteiger partial charge in [-0.05, 0) is 23.8 Å². The molecule has 4 heteroatoms. The number of amides is 1. The Balaban J connectivity index is 2.43. The molecular weight excluding hydrogens is 226 g/mol. The Kier molecular flexibility index (Phi) is 3.15. The molecule has 0 atom stereocenters. The molecule has 0 aromatic heterocycles. The van der Waals surface area contributed by atoms with Gasteiger partial charge in [0.15, 0.2) is 0 Å². The molecular formula is C12H12ClNO2. The molecule has 1 N–H and O–H groups in total. The van der Waals surface area contributed by atoms with Gasteiger partial charge in [0, 0.05) is 30.1 Å². The summed E-state index contributed by atoms with van der Waals surface area (Å²) in [7, 11) is 1.61. The number of likely N-dealkylation sites (N-methyl/N-ethyl adjacent to an activating group) is 1. The highest BCUT2D eigenvalue weighted by Gasteiger charge is 2.16. The van der Waals surface area contributed by atoms with Gasteiger partial charge in [0.05, 0.1) is 6.61 Å². The van der Waals surface area contributed by atoms with E-state index in [-0.39, 0.29) is 5.91 Å². The molecule has 0 bridgehead atoms. The molecule has 1 aliphatic rings. The maximum atomic E-state index is 11.3. The molecule has 1 heterocycles. The van der Waals surface area contributed by atoms with Crippen molar-refractivity contribution < 1.29 is 9.53 Å². The maximum absolute atomic E-state index is 11.3. The predicted octanol–water partition coefficient (Wildman–Crippen LogP) is 2.25. The minimum absolute atomic E-state index is 0.108. The lowest BCUT2D eigenvalue weighted by Gasteiger charge is -2.20. The van der Waals surface area contributed by atoms with Crippen LogP contribution in [-0.4, -0.2) is 19.6 Å². The summed E-state index contributed by atoms with van der Waals surface area (Å²) in [5.74, 6) is 0.675. The van der Waals surface area contributed by atoms with E-state index in [4.69, 9.17) is 16.3 Å². The number of rotatable bonds is 1. The quantitative estimate of drug-likeness (QED) is 0.761. The number of benzene rings is 1. The van der Waals surface area contributed by atoms with Crippen LogP contribution >= 0.6 is 11.6 Å². The highest BCUT2D eigenvalue weighted by molar-refractivity contribution is 6.30. The molecule has 2 rings (SSSR count). The molecule has 0 spiro atoms. The summed E-state index contributed by atoms with van der Waals surface area (Å²) in [6, 6.07) is 5.43. The van der Waals surface area contributed by atoms with Crippen molar-refractivity contribution in [1.29, 1.82) is 0 Å². The van der Waals surface area contributed by atoms with E-state index >= 15 is 0 Å². The molecule has 0 saturated heterocycles. The number of hydrogen-bond acceptors (Lipinski definition) is 2. The summed E-state index contributed by atoms with van der Waals surface area (Å²) < 4.78 is 5.49. The Morgan fingerprint density at radius 3 is 3.12 bits per heavy atom. The summed E-state index contributed by atoms with van der Waals surface area (Å²) in [6.07, 6.45) is 2.32. The van der Waals surface area contributed by atoms with E-state index in [1.165, 1.54) is 0 Å². The van der Waals surface area contributed by atoms with E-state index in [2.05, 4.69) is 5.32 Å². The van der Waals surface area contributed by atoms with Crippen LogP contribution in [0.4, 0.5) is 0 Å². The largest absolute Gasteiger partial charge is 0.493 e. The molecule has 1 amide bonds. The fraction of sp³-hybridized carbons (Fsp3) is 0.250. The summed E-state index contributed by atoms with van der Waals surface area (Å²) in [5.41, 5.74) is 1.87. The van der Waals surface area contributed by atoms with Gasteiger partial charge in [0.25, 0.3) is 0 Å². The van der Waals surface area contributed by atoms with E-state index < -0.39 is 0 Å². The molecule has 1 aromatic rings. The van der Waals surface area contributed by atoms with Crippen LogP contribution in [0.15, 0.2) is 24.3 Å². The van der Waals surface area contributed by atoms with E-state index in [9.17, 15) is 4.79 Å². The third-order valence-electron chi connectivity index (χ3n) is 2.47. The minimum atomic E-state index is -0.108. The molecule has 16 heavy (non-hydrogen) atoms. The van der Waals surface area contributed by atoms with Gasteiger partial charge in [-0.1, -0.05) is 11.6 Å². The number of hydrogen-bond donors (Lipinski definition) is 1. The molecule has 0 unspecified atom stereocenters. The molecule has 0 saturated carbocycles. The van der Waals surface area contributed by atoms with Crippen molar-refractivity contribution in [1.82, 2.24) is 5.32 Å². The van der Waals surface area contributed by atoms with Crippen LogP contribution in [0.2, 0.25) is 5.02 Å². The highest BCUT2D eigenvalue weighted by atomic mass is 35.5. The zero-order valence-corrected chi connectivity index (χ0v) is 9.67. The first kappa shape index (κ1) is 11.0. The Hall–Kier alpha value is -1.48. The number of halogens is 1. The zero-order chi connectivity index (χ0) is 11.5. The van der Waals surface area contributed by atoms with Crippen LogP contribution in [0, 0.1) is 0 Å². The monoisotopic (exact) mass is 237 g/mol. The molecule has 0 aliphatic carbocycles. The fourth-order valence-corrected chi connectivity index (χ4v) is 1.84. The minimum Gasteiger partial charge on any atom is -0.493 e. The van der Waals surface area contributed by atoms with E-state index in [1.54, 1.807) is 19.2 Å². The van der Waals surface area contributed by atoms with Crippen LogP contribution in [0.25, 0.3) is 5.57 Å². The number of nitrogens with one attached hydrogen (secondary N) is 1. The smallest absolute Gasteiger partial charge is 0.244 e. The van der Waals surface area contributed by atoms with Crippen LogP contribution < -0.4 is 10.1 Å². The second-order valence-electron chi connectivity index (χ2n) is 3.52. The lowest BCUT2D eigenvalue weighted by Crippen LogP contribution is -2.16. The SMILES string of the molecule is CNC(=O)C=C1CCOc2ccc(Cl)cc21. The van der Waals surface area contributed by atoms with Gasteiger partial charge in [-0.2, -0.15) is 0 Å². The normalized spacial score (nSPS) is 16.5. The second-order valence-corrected chi connectivity index (χ2v) is 3.96. The molecule has 3 nitrogen and oxygen atoms in total. The van der Waals surface area contributed by atoms with E-state index in [1.807, 2.05) is 12.1 Å². The van der Waals surface area contributed by atoms with Crippen LogP contribution in [0.5, 0.6) is 5.75 Å². The number of carbonyl (C=O) groups is 1. The van der Waals surface area contributed by atoms with Gasteiger partial charge in [0.1, 0.15) is 5.75 Å². The first-order chi connectivity index (χ1) is 7.70.